The first-order valence-corrected chi connectivity index (χ1v) is 9.13. The number of rotatable bonds is 5. The summed E-state index contributed by atoms with van der Waals surface area (Å²) in [6.45, 7) is 5.97. The maximum absolute atomic E-state index is 12.1. The number of hydrogen-bond acceptors (Lipinski definition) is 4. The first-order chi connectivity index (χ1) is 10.4. The number of benzene rings is 1. The Morgan fingerprint density at radius 2 is 2.05 bits per heavy atom. The molecule has 1 aromatic rings. The van der Waals surface area contributed by atoms with Crippen LogP contribution in [0, 0.1) is 5.92 Å². The Morgan fingerprint density at radius 1 is 1.36 bits per heavy atom. The lowest BCUT2D eigenvalue weighted by molar-refractivity contribution is -0.159. The maximum Gasteiger partial charge on any atom is 0.316 e. The molecule has 0 aromatic heterocycles. The molecule has 0 unspecified atom stereocenters. The van der Waals surface area contributed by atoms with Crippen molar-refractivity contribution in [2.75, 3.05) is 18.8 Å². The Balaban J connectivity index is 1.88. The molecule has 122 valence electrons. The van der Waals surface area contributed by atoms with Gasteiger partial charge in [-0.15, -0.1) is 11.8 Å². The van der Waals surface area contributed by atoms with Gasteiger partial charge in [0.1, 0.15) is 5.60 Å². The van der Waals surface area contributed by atoms with E-state index in [0.717, 1.165) is 30.8 Å². The van der Waals surface area contributed by atoms with Crippen LogP contribution in [0.15, 0.2) is 23.1 Å². The molecule has 0 spiro atoms. The number of halogens is 2. The van der Waals surface area contributed by atoms with Gasteiger partial charge < -0.3 is 10.1 Å². The summed E-state index contributed by atoms with van der Waals surface area (Å²) in [6, 6.07) is 5.22. The summed E-state index contributed by atoms with van der Waals surface area (Å²) in [6.07, 6.45) is 2.07. The van der Waals surface area contributed by atoms with Gasteiger partial charge in [-0.1, -0.05) is 23.2 Å². The summed E-state index contributed by atoms with van der Waals surface area (Å²) in [5.41, 5.74) is -0.433. The smallest absolute Gasteiger partial charge is 0.316 e. The van der Waals surface area contributed by atoms with Crippen LogP contribution < -0.4 is 5.32 Å². The van der Waals surface area contributed by atoms with Crippen LogP contribution in [-0.4, -0.2) is 30.4 Å². The quantitative estimate of drug-likeness (QED) is 0.622. The fourth-order valence-electron chi connectivity index (χ4n) is 2.65. The van der Waals surface area contributed by atoms with Crippen molar-refractivity contribution in [3.63, 3.8) is 0 Å². The Labute approximate surface area is 146 Å². The topological polar surface area (TPSA) is 38.3 Å². The van der Waals surface area contributed by atoms with Crippen molar-refractivity contribution < 1.29 is 9.53 Å². The molecule has 6 heteroatoms. The predicted molar refractivity (Wildman–Crippen MR) is 93.0 cm³/mol. The molecule has 3 nitrogen and oxygen atoms in total. The number of carbonyl (C=O) groups excluding carboxylic acids is 1. The van der Waals surface area contributed by atoms with Crippen LogP contribution in [0.5, 0.6) is 0 Å². The van der Waals surface area contributed by atoms with Crippen molar-refractivity contribution in [2.45, 2.75) is 37.2 Å². The van der Waals surface area contributed by atoms with Gasteiger partial charge in [0.05, 0.1) is 10.8 Å². The summed E-state index contributed by atoms with van der Waals surface area (Å²) >= 11 is 13.4. The van der Waals surface area contributed by atoms with Crippen molar-refractivity contribution in [2.24, 2.45) is 5.92 Å². The number of ether oxygens (including phenoxy) is 1. The number of esters is 1. The summed E-state index contributed by atoms with van der Waals surface area (Å²) in [5, 5.41) is 4.53. The summed E-state index contributed by atoms with van der Waals surface area (Å²) in [4.78, 5) is 12.9. The Morgan fingerprint density at radius 3 is 2.73 bits per heavy atom. The second-order valence-electron chi connectivity index (χ2n) is 5.97. The first kappa shape index (κ1) is 17.9. The van der Waals surface area contributed by atoms with Gasteiger partial charge in [0.15, 0.2) is 0 Å². The van der Waals surface area contributed by atoms with E-state index >= 15 is 0 Å². The van der Waals surface area contributed by atoms with Gasteiger partial charge in [-0.25, -0.2) is 0 Å². The molecule has 0 saturated carbocycles. The lowest BCUT2D eigenvalue weighted by atomic mass is 9.83. The normalized spacial score (nSPS) is 16.5. The molecule has 0 atom stereocenters. The van der Waals surface area contributed by atoms with Crippen LogP contribution in [-0.2, 0) is 9.53 Å². The highest BCUT2D eigenvalue weighted by molar-refractivity contribution is 8.00. The van der Waals surface area contributed by atoms with Crippen LogP contribution in [0.3, 0.4) is 0 Å². The minimum absolute atomic E-state index is 0.218. The zero-order valence-corrected chi connectivity index (χ0v) is 15.2. The molecule has 22 heavy (non-hydrogen) atoms. The van der Waals surface area contributed by atoms with E-state index in [9.17, 15) is 4.79 Å². The molecular weight excluding hydrogens is 341 g/mol. The fraction of sp³-hybridized carbons (Fsp3) is 0.562. The maximum atomic E-state index is 12.1. The molecular formula is C16H21Cl2NO2S. The monoisotopic (exact) mass is 361 g/mol. The number of hydrogen-bond donors (Lipinski definition) is 1. The standard InChI is InChI=1S/C16H21Cl2NO2S/c1-16(2,11-5-7-19-8-6-11)21-15(20)10-22-14-9-12(17)3-4-13(14)18/h3-4,9,11,19H,5-8,10H2,1-2H3. The highest BCUT2D eigenvalue weighted by atomic mass is 35.5. The number of thioether (sulfide) groups is 1. The molecule has 1 aromatic carbocycles. The summed E-state index contributed by atoms with van der Waals surface area (Å²) in [5.74, 6) is 0.413. The van der Waals surface area contributed by atoms with E-state index in [2.05, 4.69) is 5.32 Å². The Bertz CT molecular complexity index is 531. The molecule has 1 heterocycles. The SMILES string of the molecule is CC(C)(OC(=O)CSc1cc(Cl)ccc1Cl)C1CCNCC1. The van der Waals surface area contributed by atoms with Gasteiger partial charge in [0.2, 0.25) is 0 Å². The van der Waals surface area contributed by atoms with Gasteiger partial charge in [0.25, 0.3) is 0 Å². The van der Waals surface area contributed by atoms with E-state index in [1.54, 1.807) is 18.2 Å². The number of carbonyl (C=O) groups is 1. The van der Waals surface area contributed by atoms with Crippen molar-refractivity contribution in [3.05, 3.63) is 28.2 Å². The molecule has 0 amide bonds. The molecule has 0 bridgehead atoms. The van der Waals surface area contributed by atoms with Crippen molar-refractivity contribution >= 4 is 40.9 Å². The van der Waals surface area contributed by atoms with E-state index in [1.807, 2.05) is 13.8 Å². The van der Waals surface area contributed by atoms with Crippen molar-refractivity contribution in [1.82, 2.24) is 5.32 Å². The number of nitrogens with one attached hydrogen (secondary N) is 1. The average molecular weight is 362 g/mol. The fourth-order valence-corrected chi connectivity index (χ4v) is 3.91. The van der Waals surface area contributed by atoms with Gasteiger partial charge in [-0.2, -0.15) is 0 Å². The van der Waals surface area contributed by atoms with Crippen LogP contribution >= 0.6 is 35.0 Å². The lowest BCUT2D eigenvalue weighted by Gasteiger charge is -2.36. The van der Waals surface area contributed by atoms with E-state index in [-0.39, 0.29) is 11.7 Å². The molecule has 0 radical (unpaired) electrons. The third kappa shape index (κ3) is 5.05. The first-order valence-electron chi connectivity index (χ1n) is 7.39. The Kier molecular flexibility index (Phi) is 6.45. The third-order valence-corrected chi connectivity index (χ3v) is 5.64. The molecule has 0 aliphatic carbocycles. The van der Waals surface area contributed by atoms with Crippen molar-refractivity contribution in [1.29, 1.82) is 0 Å². The lowest BCUT2D eigenvalue weighted by Crippen LogP contribution is -2.43. The van der Waals surface area contributed by atoms with Gasteiger partial charge in [-0.3, -0.25) is 4.79 Å². The minimum atomic E-state index is -0.433. The highest BCUT2D eigenvalue weighted by Gasteiger charge is 2.34. The number of piperidine rings is 1. The average Bonchev–Trinajstić information content (AvgIpc) is 2.49. The molecule has 1 N–H and O–H groups in total. The minimum Gasteiger partial charge on any atom is -0.459 e. The molecule has 1 saturated heterocycles. The van der Waals surface area contributed by atoms with Gasteiger partial charge in [0, 0.05) is 15.8 Å². The van der Waals surface area contributed by atoms with Crippen LogP contribution in [0.4, 0.5) is 0 Å². The van der Waals surface area contributed by atoms with Gasteiger partial charge >= 0.3 is 5.97 Å². The second kappa shape index (κ2) is 7.91. The van der Waals surface area contributed by atoms with E-state index in [1.165, 1.54) is 11.8 Å². The summed E-state index contributed by atoms with van der Waals surface area (Å²) in [7, 11) is 0. The molecule has 2 rings (SSSR count). The Hall–Kier alpha value is -0.420. The largest absolute Gasteiger partial charge is 0.459 e. The second-order valence-corrected chi connectivity index (χ2v) is 7.83. The predicted octanol–water partition coefficient (Wildman–Crippen LogP) is 4.41. The van der Waals surface area contributed by atoms with Crippen LogP contribution in [0.25, 0.3) is 0 Å². The summed E-state index contributed by atoms with van der Waals surface area (Å²) < 4.78 is 5.71. The van der Waals surface area contributed by atoms with E-state index < -0.39 is 5.60 Å². The molecule has 1 fully saturated rings. The van der Waals surface area contributed by atoms with Crippen LogP contribution in [0.1, 0.15) is 26.7 Å². The van der Waals surface area contributed by atoms with Crippen molar-refractivity contribution in [3.8, 4) is 0 Å². The zero-order valence-electron chi connectivity index (χ0n) is 12.8. The highest BCUT2D eigenvalue weighted by Crippen LogP contribution is 2.32. The zero-order chi connectivity index (χ0) is 16.2. The van der Waals surface area contributed by atoms with Gasteiger partial charge in [-0.05, 0) is 58.0 Å². The van der Waals surface area contributed by atoms with E-state index in [0.29, 0.717) is 16.0 Å². The third-order valence-electron chi connectivity index (χ3n) is 3.94. The molecule has 1 aliphatic heterocycles. The van der Waals surface area contributed by atoms with Crippen LogP contribution in [0.2, 0.25) is 10.0 Å². The molecule has 1 aliphatic rings. The van der Waals surface area contributed by atoms with E-state index in [4.69, 9.17) is 27.9 Å².